The van der Waals surface area contributed by atoms with E-state index in [9.17, 15) is 9.59 Å². The Morgan fingerprint density at radius 2 is 2.21 bits per heavy atom. The largest absolute Gasteiger partial charge is 0.480 e. The number of halogens is 1. The Bertz CT molecular complexity index is 262. The summed E-state index contributed by atoms with van der Waals surface area (Å²) in [4.78, 5) is 22.7. The van der Waals surface area contributed by atoms with Crippen molar-refractivity contribution in [3.63, 3.8) is 0 Å². The monoisotopic (exact) mass is 218 g/mol. The molecule has 0 aromatic carbocycles. The number of carboxylic acids is 1. The van der Waals surface area contributed by atoms with Crippen molar-refractivity contribution in [1.29, 1.82) is 0 Å². The number of aliphatic carboxylic acids is 1. The maximum absolute atomic E-state index is 11.4. The molecule has 0 radical (unpaired) electrons. The Hall–Kier alpha value is -1.25. The lowest BCUT2D eigenvalue weighted by molar-refractivity contribution is -0.144. The molecule has 0 aliphatic heterocycles. The number of nitrogens with two attached hydrogens (primary N) is 1. The highest BCUT2D eigenvalue weighted by Crippen LogP contribution is 1.95. The SMILES string of the molecule is C#CCN(CC(=O)O)C(=O)[C@H](N)CCl. The molecule has 0 aromatic rings. The van der Waals surface area contributed by atoms with Gasteiger partial charge in [0.05, 0.1) is 12.6 Å². The molecule has 0 unspecified atom stereocenters. The molecule has 0 saturated carbocycles. The van der Waals surface area contributed by atoms with Gasteiger partial charge in [-0.25, -0.2) is 0 Å². The van der Waals surface area contributed by atoms with Crippen LogP contribution in [-0.4, -0.2) is 46.9 Å². The van der Waals surface area contributed by atoms with Crippen LogP contribution in [0.3, 0.4) is 0 Å². The maximum atomic E-state index is 11.4. The Balaban J connectivity index is 4.41. The van der Waals surface area contributed by atoms with E-state index in [0.29, 0.717) is 0 Å². The van der Waals surface area contributed by atoms with E-state index < -0.39 is 24.5 Å². The molecule has 6 heteroatoms. The van der Waals surface area contributed by atoms with E-state index in [1.807, 2.05) is 0 Å². The summed E-state index contributed by atoms with van der Waals surface area (Å²) in [5, 5.41) is 8.48. The second-order valence-electron chi connectivity index (χ2n) is 2.55. The van der Waals surface area contributed by atoms with Crippen molar-refractivity contribution in [2.75, 3.05) is 19.0 Å². The van der Waals surface area contributed by atoms with Gasteiger partial charge in [0.25, 0.3) is 0 Å². The van der Waals surface area contributed by atoms with Crippen LogP contribution in [0.5, 0.6) is 0 Å². The van der Waals surface area contributed by atoms with Gasteiger partial charge in [0.15, 0.2) is 0 Å². The van der Waals surface area contributed by atoms with Crippen LogP contribution in [0.15, 0.2) is 0 Å². The van der Waals surface area contributed by atoms with Gasteiger partial charge in [-0.15, -0.1) is 18.0 Å². The van der Waals surface area contributed by atoms with Gasteiger partial charge >= 0.3 is 5.97 Å². The lowest BCUT2D eigenvalue weighted by atomic mass is 10.3. The Kier molecular flexibility index (Phi) is 5.68. The van der Waals surface area contributed by atoms with Gasteiger partial charge in [-0.05, 0) is 0 Å². The summed E-state index contributed by atoms with van der Waals surface area (Å²) in [5.41, 5.74) is 5.34. The number of hydrogen-bond acceptors (Lipinski definition) is 3. The van der Waals surface area contributed by atoms with E-state index in [4.69, 9.17) is 28.9 Å². The minimum Gasteiger partial charge on any atom is -0.480 e. The molecule has 0 spiro atoms. The Morgan fingerprint density at radius 1 is 1.64 bits per heavy atom. The molecule has 0 saturated heterocycles. The summed E-state index contributed by atoms with van der Waals surface area (Å²) >= 11 is 5.36. The minimum absolute atomic E-state index is 0.0699. The fraction of sp³-hybridized carbons (Fsp3) is 0.500. The van der Waals surface area contributed by atoms with Gasteiger partial charge in [-0.2, -0.15) is 0 Å². The first-order valence-electron chi connectivity index (χ1n) is 3.78. The first kappa shape index (κ1) is 12.8. The van der Waals surface area contributed by atoms with Crippen LogP contribution in [0.25, 0.3) is 0 Å². The molecule has 0 heterocycles. The number of carboxylic acid groups (broad SMARTS) is 1. The van der Waals surface area contributed by atoms with Gasteiger partial charge in [0, 0.05) is 5.88 Å². The lowest BCUT2D eigenvalue weighted by Gasteiger charge is -2.20. The van der Waals surface area contributed by atoms with E-state index in [2.05, 4.69) is 5.92 Å². The predicted octanol–water partition coefficient (Wildman–Crippen LogP) is -0.901. The van der Waals surface area contributed by atoms with Gasteiger partial charge in [-0.1, -0.05) is 5.92 Å². The summed E-state index contributed by atoms with van der Waals surface area (Å²) in [6.07, 6.45) is 4.97. The molecule has 78 valence electrons. The summed E-state index contributed by atoms with van der Waals surface area (Å²) in [5.74, 6) is 0.408. The molecular weight excluding hydrogens is 208 g/mol. The summed E-state index contributed by atoms with van der Waals surface area (Å²) in [6, 6.07) is -0.913. The maximum Gasteiger partial charge on any atom is 0.323 e. The van der Waals surface area contributed by atoms with E-state index >= 15 is 0 Å². The molecule has 5 nitrogen and oxygen atoms in total. The zero-order valence-corrected chi connectivity index (χ0v) is 8.20. The summed E-state index contributed by atoms with van der Waals surface area (Å²) in [7, 11) is 0. The molecule has 0 aliphatic carbocycles. The van der Waals surface area contributed by atoms with Gasteiger partial charge in [0.1, 0.15) is 6.54 Å². The standard InChI is InChI=1S/C8H11ClN2O3/c1-2-3-11(5-7(12)13)8(14)6(10)4-9/h1,6H,3-5,10H2,(H,12,13)/t6-/m1/s1. The number of rotatable bonds is 5. The van der Waals surface area contributed by atoms with Crippen LogP contribution in [0.2, 0.25) is 0 Å². The van der Waals surface area contributed by atoms with Crippen LogP contribution in [0.4, 0.5) is 0 Å². The second-order valence-corrected chi connectivity index (χ2v) is 2.86. The van der Waals surface area contributed by atoms with E-state index in [0.717, 1.165) is 4.90 Å². The predicted molar refractivity (Wildman–Crippen MR) is 51.7 cm³/mol. The number of terminal acetylenes is 1. The Labute approximate surface area is 86.8 Å². The van der Waals surface area contributed by atoms with Gasteiger partial charge < -0.3 is 15.7 Å². The third kappa shape index (κ3) is 4.12. The number of amides is 1. The van der Waals surface area contributed by atoms with E-state index in [1.54, 1.807) is 0 Å². The lowest BCUT2D eigenvalue weighted by Crippen LogP contribution is -2.46. The summed E-state index contributed by atoms with van der Waals surface area (Å²) in [6.45, 7) is -0.552. The number of nitrogens with zero attached hydrogens (tertiary/aromatic N) is 1. The van der Waals surface area contributed by atoms with Gasteiger partial charge in [0.2, 0.25) is 5.91 Å². The van der Waals surface area contributed by atoms with Crippen molar-refractivity contribution < 1.29 is 14.7 Å². The number of carbonyl (C=O) groups excluding carboxylic acids is 1. The average molecular weight is 219 g/mol. The molecule has 3 N–H and O–H groups in total. The first-order chi connectivity index (χ1) is 6.52. The average Bonchev–Trinajstić information content (AvgIpc) is 2.14. The number of hydrogen-bond donors (Lipinski definition) is 2. The smallest absolute Gasteiger partial charge is 0.323 e. The van der Waals surface area contributed by atoms with Crippen LogP contribution in [-0.2, 0) is 9.59 Å². The van der Waals surface area contributed by atoms with E-state index in [1.165, 1.54) is 0 Å². The molecular formula is C8H11ClN2O3. The molecule has 1 amide bonds. The summed E-state index contributed by atoms with van der Waals surface area (Å²) < 4.78 is 0. The van der Waals surface area contributed by atoms with Crippen LogP contribution < -0.4 is 5.73 Å². The van der Waals surface area contributed by atoms with E-state index in [-0.39, 0.29) is 12.4 Å². The Morgan fingerprint density at radius 3 is 2.57 bits per heavy atom. The van der Waals surface area contributed by atoms with Gasteiger partial charge in [-0.3, -0.25) is 9.59 Å². The highest BCUT2D eigenvalue weighted by Gasteiger charge is 2.21. The van der Waals surface area contributed by atoms with Crippen LogP contribution in [0, 0.1) is 12.3 Å². The second kappa shape index (κ2) is 6.24. The number of carbonyl (C=O) groups is 2. The molecule has 0 aromatic heterocycles. The first-order valence-corrected chi connectivity index (χ1v) is 4.32. The molecule has 14 heavy (non-hydrogen) atoms. The molecule has 0 fully saturated rings. The van der Waals surface area contributed by atoms with Crippen molar-refractivity contribution in [3.05, 3.63) is 0 Å². The van der Waals surface area contributed by atoms with Crippen molar-refractivity contribution in [2.45, 2.75) is 6.04 Å². The fourth-order valence-corrected chi connectivity index (χ4v) is 0.918. The van der Waals surface area contributed by atoms with Crippen molar-refractivity contribution in [1.82, 2.24) is 4.90 Å². The molecule has 0 bridgehead atoms. The zero-order chi connectivity index (χ0) is 11.1. The number of alkyl halides is 1. The zero-order valence-electron chi connectivity index (χ0n) is 7.44. The quantitative estimate of drug-likeness (QED) is 0.463. The normalized spacial score (nSPS) is 11.5. The molecule has 0 rings (SSSR count). The minimum atomic E-state index is -1.14. The third-order valence-corrected chi connectivity index (χ3v) is 1.74. The van der Waals surface area contributed by atoms with Crippen molar-refractivity contribution in [3.8, 4) is 12.3 Å². The molecule has 0 aliphatic rings. The van der Waals surface area contributed by atoms with Crippen molar-refractivity contribution >= 4 is 23.5 Å². The topological polar surface area (TPSA) is 83.6 Å². The third-order valence-electron chi connectivity index (χ3n) is 1.40. The highest BCUT2D eigenvalue weighted by molar-refractivity contribution is 6.19. The highest BCUT2D eigenvalue weighted by atomic mass is 35.5. The van der Waals surface area contributed by atoms with Crippen LogP contribution in [0.1, 0.15) is 0 Å². The van der Waals surface area contributed by atoms with Crippen LogP contribution >= 0.6 is 11.6 Å². The fourth-order valence-electron chi connectivity index (χ4n) is 0.786. The van der Waals surface area contributed by atoms with Crippen molar-refractivity contribution in [2.24, 2.45) is 5.73 Å². The molecule has 1 atom stereocenters.